The van der Waals surface area contributed by atoms with Crippen LogP contribution in [-0.2, 0) is 13.5 Å². The van der Waals surface area contributed by atoms with Gasteiger partial charge in [-0.1, -0.05) is 39.0 Å². The van der Waals surface area contributed by atoms with Gasteiger partial charge in [-0.05, 0) is 30.4 Å². The van der Waals surface area contributed by atoms with Gasteiger partial charge in [0, 0.05) is 49.3 Å². The molecule has 0 aliphatic heterocycles. The number of aromatic nitrogens is 2. The van der Waals surface area contributed by atoms with Crippen LogP contribution in [0.15, 0.2) is 30.5 Å². The minimum absolute atomic E-state index is 0.165. The molecular formula is C21H29N3O. The monoisotopic (exact) mass is 339 g/mol. The zero-order valence-corrected chi connectivity index (χ0v) is 16.0. The second-order valence-electron chi connectivity index (χ2n) is 8.53. The van der Waals surface area contributed by atoms with Gasteiger partial charge in [0.1, 0.15) is 0 Å². The molecule has 3 rings (SSSR count). The molecule has 2 unspecified atom stereocenters. The maximum absolute atomic E-state index is 12.7. The molecule has 4 nitrogen and oxygen atoms in total. The van der Waals surface area contributed by atoms with Gasteiger partial charge in [-0.15, -0.1) is 0 Å². The van der Waals surface area contributed by atoms with E-state index in [1.807, 2.05) is 32.3 Å². The van der Waals surface area contributed by atoms with Crippen molar-refractivity contribution in [2.24, 2.45) is 12.5 Å². The average molecular weight is 339 g/mol. The summed E-state index contributed by atoms with van der Waals surface area (Å²) in [6.45, 7) is 9.72. The Bertz CT molecular complexity index is 770. The molecule has 1 aliphatic rings. The smallest absolute Gasteiger partial charge is 0.167 e. The van der Waals surface area contributed by atoms with Crippen molar-refractivity contribution >= 4 is 5.78 Å². The topological polar surface area (TPSA) is 46.9 Å². The van der Waals surface area contributed by atoms with Crippen molar-refractivity contribution < 1.29 is 4.79 Å². The fourth-order valence-corrected chi connectivity index (χ4v) is 3.27. The van der Waals surface area contributed by atoms with E-state index in [0.717, 1.165) is 29.8 Å². The maximum Gasteiger partial charge on any atom is 0.167 e. The van der Waals surface area contributed by atoms with E-state index in [9.17, 15) is 4.79 Å². The first-order chi connectivity index (χ1) is 11.7. The van der Waals surface area contributed by atoms with E-state index >= 15 is 0 Å². The zero-order valence-electron chi connectivity index (χ0n) is 16.0. The molecule has 1 N–H and O–H groups in total. The molecule has 0 amide bonds. The van der Waals surface area contributed by atoms with Crippen molar-refractivity contribution in [2.45, 2.75) is 52.5 Å². The minimum atomic E-state index is 0.165. The van der Waals surface area contributed by atoms with Crippen LogP contribution >= 0.6 is 0 Å². The van der Waals surface area contributed by atoms with Crippen LogP contribution in [0, 0.1) is 12.3 Å². The fraction of sp³-hybridized carbons (Fsp3) is 0.524. The lowest BCUT2D eigenvalue weighted by atomic mass is 9.97. The first-order valence-electron chi connectivity index (χ1n) is 9.08. The quantitative estimate of drug-likeness (QED) is 0.817. The standard InChI is InChI=1S/C21H29N3O/c1-14-17(12-24(5)23-14)10-20(25)16-8-6-7-15(9-16)18-11-19(18)22-13-21(2,3)4/h6-9,12,18-19,22H,10-11,13H2,1-5H3. The molecule has 1 aromatic carbocycles. The van der Waals surface area contributed by atoms with E-state index in [1.54, 1.807) is 4.68 Å². The predicted molar refractivity (Wildman–Crippen MR) is 101 cm³/mol. The molecule has 1 aromatic heterocycles. The summed E-state index contributed by atoms with van der Waals surface area (Å²) in [6.07, 6.45) is 3.51. The van der Waals surface area contributed by atoms with E-state index in [2.05, 4.69) is 43.3 Å². The Balaban J connectivity index is 1.64. The van der Waals surface area contributed by atoms with Gasteiger partial charge in [-0.2, -0.15) is 5.10 Å². The summed E-state index contributed by atoms with van der Waals surface area (Å²) in [7, 11) is 1.89. The molecule has 2 atom stereocenters. The van der Waals surface area contributed by atoms with Gasteiger partial charge >= 0.3 is 0 Å². The maximum atomic E-state index is 12.7. The Morgan fingerprint density at radius 1 is 1.36 bits per heavy atom. The number of hydrogen-bond donors (Lipinski definition) is 1. The predicted octanol–water partition coefficient (Wildman–Crippen LogP) is 3.65. The summed E-state index contributed by atoms with van der Waals surface area (Å²) >= 11 is 0. The molecule has 1 heterocycles. The Morgan fingerprint density at radius 3 is 2.76 bits per heavy atom. The number of nitrogens with zero attached hydrogens (tertiary/aromatic N) is 2. The molecule has 134 valence electrons. The van der Waals surface area contributed by atoms with Gasteiger partial charge in [-0.25, -0.2) is 0 Å². The van der Waals surface area contributed by atoms with Crippen LogP contribution in [0.3, 0.4) is 0 Å². The Labute approximate surface area is 150 Å². The normalized spacial score (nSPS) is 19.9. The molecular weight excluding hydrogens is 310 g/mol. The molecule has 1 fully saturated rings. The van der Waals surface area contributed by atoms with Crippen LogP contribution in [0.1, 0.15) is 60.3 Å². The van der Waals surface area contributed by atoms with Crippen LogP contribution in [0.4, 0.5) is 0 Å². The van der Waals surface area contributed by atoms with Crippen molar-refractivity contribution in [1.82, 2.24) is 15.1 Å². The lowest BCUT2D eigenvalue weighted by molar-refractivity contribution is 0.0992. The first kappa shape index (κ1) is 17.9. The largest absolute Gasteiger partial charge is 0.313 e. The zero-order chi connectivity index (χ0) is 18.2. The van der Waals surface area contributed by atoms with E-state index in [0.29, 0.717) is 23.8 Å². The Hall–Kier alpha value is -1.94. The van der Waals surface area contributed by atoms with Crippen LogP contribution in [0.2, 0.25) is 0 Å². The average Bonchev–Trinajstić information content (AvgIpc) is 3.24. The second kappa shape index (κ2) is 6.75. The van der Waals surface area contributed by atoms with Gasteiger partial charge in [0.05, 0.1) is 5.69 Å². The van der Waals surface area contributed by atoms with Crippen LogP contribution in [-0.4, -0.2) is 28.2 Å². The van der Waals surface area contributed by atoms with Gasteiger partial charge in [0.15, 0.2) is 5.78 Å². The van der Waals surface area contributed by atoms with Gasteiger partial charge in [0.2, 0.25) is 0 Å². The van der Waals surface area contributed by atoms with Crippen LogP contribution in [0.5, 0.6) is 0 Å². The molecule has 1 aliphatic carbocycles. The number of ketones is 1. The summed E-state index contributed by atoms with van der Waals surface area (Å²) in [6, 6.07) is 8.72. The highest BCUT2D eigenvalue weighted by atomic mass is 16.1. The van der Waals surface area contributed by atoms with Crippen molar-refractivity contribution in [2.75, 3.05) is 6.54 Å². The summed E-state index contributed by atoms with van der Waals surface area (Å²) in [4.78, 5) is 12.7. The molecule has 0 saturated heterocycles. The minimum Gasteiger partial charge on any atom is -0.313 e. The van der Waals surface area contributed by atoms with E-state index < -0.39 is 0 Å². The van der Waals surface area contributed by atoms with Crippen LogP contribution in [0.25, 0.3) is 0 Å². The lowest BCUT2D eigenvalue weighted by Crippen LogP contribution is -2.29. The number of nitrogens with one attached hydrogen (secondary N) is 1. The number of aryl methyl sites for hydroxylation is 2. The summed E-state index contributed by atoms with van der Waals surface area (Å²) in [5, 5.41) is 7.97. The van der Waals surface area contributed by atoms with Gasteiger partial charge in [-0.3, -0.25) is 9.48 Å². The fourth-order valence-electron chi connectivity index (χ4n) is 3.27. The number of Topliss-reactive ketones (excluding diaryl/α,β-unsaturated/α-hetero) is 1. The summed E-state index contributed by atoms with van der Waals surface area (Å²) in [5.74, 6) is 0.702. The van der Waals surface area contributed by atoms with Gasteiger partial charge in [0.25, 0.3) is 0 Å². The second-order valence-corrected chi connectivity index (χ2v) is 8.53. The summed E-state index contributed by atoms with van der Waals surface area (Å²) in [5.41, 5.74) is 4.32. The molecule has 25 heavy (non-hydrogen) atoms. The highest BCUT2D eigenvalue weighted by Gasteiger charge is 2.38. The molecule has 0 bridgehead atoms. The third-order valence-electron chi connectivity index (χ3n) is 4.79. The number of hydrogen-bond acceptors (Lipinski definition) is 3. The van der Waals surface area contributed by atoms with Gasteiger partial charge < -0.3 is 5.32 Å². The third-order valence-corrected chi connectivity index (χ3v) is 4.79. The number of rotatable bonds is 6. The lowest BCUT2D eigenvalue weighted by Gasteiger charge is -2.18. The molecule has 4 heteroatoms. The highest BCUT2D eigenvalue weighted by Crippen LogP contribution is 2.41. The number of carbonyl (C=O) groups is 1. The van der Waals surface area contributed by atoms with Crippen molar-refractivity contribution in [3.05, 3.63) is 52.8 Å². The first-order valence-corrected chi connectivity index (χ1v) is 9.08. The van der Waals surface area contributed by atoms with Crippen LogP contribution < -0.4 is 5.32 Å². The van der Waals surface area contributed by atoms with Crippen molar-refractivity contribution in [1.29, 1.82) is 0 Å². The van der Waals surface area contributed by atoms with E-state index in [1.165, 1.54) is 5.56 Å². The number of carbonyl (C=O) groups excluding carboxylic acids is 1. The van der Waals surface area contributed by atoms with Crippen molar-refractivity contribution in [3.63, 3.8) is 0 Å². The Morgan fingerprint density at radius 2 is 2.12 bits per heavy atom. The van der Waals surface area contributed by atoms with Crippen molar-refractivity contribution in [3.8, 4) is 0 Å². The number of benzene rings is 1. The SMILES string of the molecule is Cc1nn(C)cc1CC(=O)c1cccc(C2CC2NCC(C)(C)C)c1. The molecule has 0 spiro atoms. The molecule has 2 aromatic rings. The van der Waals surface area contributed by atoms with E-state index in [-0.39, 0.29) is 5.78 Å². The highest BCUT2D eigenvalue weighted by molar-refractivity contribution is 5.97. The van der Waals surface area contributed by atoms with E-state index in [4.69, 9.17) is 0 Å². The molecule has 0 radical (unpaired) electrons. The molecule has 1 saturated carbocycles. The Kier molecular flexibility index (Phi) is 4.83. The summed E-state index contributed by atoms with van der Waals surface area (Å²) < 4.78 is 1.77. The third kappa shape index (κ3) is 4.57.